The van der Waals surface area contributed by atoms with Crippen molar-refractivity contribution in [2.45, 2.75) is 6.10 Å². The lowest BCUT2D eigenvalue weighted by Crippen LogP contribution is -2.50. The molecule has 0 spiro atoms. The van der Waals surface area contributed by atoms with Crippen LogP contribution in [0.25, 0.3) is 21.8 Å². The Bertz CT molecular complexity index is 1570. The van der Waals surface area contributed by atoms with Gasteiger partial charge in [0.2, 0.25) is 0 Å². The van der Waals surface area contributed by atoms with Crippen LogP contribution < -0.4 is 24.8 Å². The molecule has 1 aliphatic rings. The number of fused-ring (bicyclic) bond motifs is 2. The summed E-state index contributed by atoms with van der Waals surface area (Å²) in [5.74, 6) is 3.05. The molecule has 1 fully saturated rings. The van der Waals surface area contributed by atoms with Crippen LogP contribution in [-0.4, -0.2) is 41.3 Å². The maximum atomic E-state index is 6.57. The van der Waals surface area contributed by atoms with Gasteiger partial charge in [-0.1, -0.05) is 29.8 Å². The average molecular weight is 500 g/mol. The molecule has 2 N–H and O–H groups in total. The van der Waals surface area contributed by atoms with Gasteiger partial charge in [0.1, 0.15) is 29.7 Å². The van der Waals surface area contributed by atoms with E-state index in [-0.39, 0.29) is 6.10 Å². The zero-order valence-electron chi connectivity index (χ0n) is 19.4. The van der Waals surface area contributed by atoms with Crippen molar-refractivity contribution >= 4 is 44.9 Å². The number of methoxy groups -OCH3 is 1. The first-order chi connectivity index (χ1) is 17.7. The van der Waals surface area contributed by atoms with Gasteiger partial charge in [-0.15, -0.1) is 0 Å². The molecule has 0 radical (unpaired) electrons. The number of benzene rings is 3. The lowest BCUT2D eigenvalue weighted by molar-refractivity contribution is 0.137. The summed E-state index contributed by atoms with van der Waals surface area (Å²) in [5.41, 5.74) is 2.40. The zero-order chi connectivity index (χ0) is 24.5. The number of anilines is 2. The van der Waals surface area contributed by atoms with Crippen LogP contribution in [0.2, 0.25) is 5.02 Å². The molecule has 0 saturated carbocycles. The van der Waals surface area contributed by atoms with Crippen molar-refractivity contribution in [1.29, 1.82) is 0 Å². The van der Waals surface area contributed by atoms with Crippen molar-refractivity contribution < 1.29 is 14.2 Å². The minimum Gasteiger partial charge on any atom is -0.493 e. The predicted molar refractivity (Wildman–Crippen MR) is 140 cm³/mol. The van der Waals surface area contributed by atoms with Gasteiger partial charge in [0, 0.05) is 35.6 Å². The van der Waals surface area contributed by atoms with Gasteiger partial charge in [-0.25, -0.2) is 9.97 Å². The number of para-hydroxylation sites is 1. The van der Waals surface area contributed by atoms with Gasteiger partial charge in [-0.05, 0) is 36.4 Å². The number of ether oxygens (including phenoxy) is 3. The fourth-order valence-corrected chi connectivity index (χ4v) is 4.19. The molecule has 180 valence electrons. The van der Waals surface area contributed by atoms with Gasteiger partial charge in [0.05, 0.1) is 29.4 Å². The van der Waals surface area contributed by atoms with E-state index in [0.29, 0.717) is 33.8 Å². The highest BCUT2D eigenvalue weighted by Gasteiger charge is 2.21. The zero-order valence-corrected chi connectivity index (χ0v) is 20.1. The molecule has 0 atom stereocenters. The monoisotopic (exact) mass is 499 g/mol. The molecule has 8 nitrogen and oxygen atoms in total. The van der Waals surface area contributed by atoms with Crippen LogP contribution in [0.1, 0.15) is 0 Å². The predicted octanol–water partition coefficient (Wildman–Crippen LogP) is 5.73. The van der Waals surface area contributed by atoms with Crippen molar-refractivity contribution in [3.05, 3.63) is 78.2 Å². The summed E-state index contributed by atoms with van der Waals surface area (Å²) in [6.07, 6.45) is 3.30. The minimum absolute atomic E-state index is 0.113. The number of rotatable bonds is 7. The third-order valence-electron chi connectivity index (χ3n) is 5.95. The van der Waals surface area contributed by atoms with Crippen LogP contribution in [-0.2, 0) is 0 Å². The van der Waals surface area contributed by atoms with E-state index in [0.717, 1.165) is 40.6 Å². The van der Waals surface area contributed by atoms with E-state index in [4.69, 9.17) is 25.8 Å². The largest absolute Gasteiger partial charge is 0.493 e. The molecule has 2 aromatic heterocycles. The second-order valence-corrected chi connectivity index (χ2v) is 8.78. The minimum atomic E-state index is 0.113. The highest BCUT2D eigenvalue weighted by atomic mass is 35.5. The molecular weight excluding hydrogens is 478 g/mol. The Morgan fingerprint density at radius 1 is 0.917 bits per heavy atom. The smallest absolute Gasteiger partial charge is 0.162 e. The Kier molecular flexibility index (Phi) is 5.88. The first-order valence-electron chi connectivity index (χ1n) is 11.5. The summed E-state index contributed by atoms with van der Waals surface area (Å²) in [4.78, 5) is 13.3. The van der Waals surface area contributed by atoms with Gasteiger partial charge in [-0.3, -0.25) is 4.98 Å². The number of hydrogen-bond acceptors (Lipinski definition) is 8. The Hall–Kier alpha value is -4.14. The molecule has 3 heterocycles. The van der Waals surface area contributed by atoms with Crippen LogP contribution in [0.4, 0.5) is 11.5 Å². The molecule has 0 unspecified atom stereocenters. The number of nitrogens with one attached hydrogen (secondary N) is 2. The van der Waals surface area contributed by atoms with Gasteiger partial charge < -0.3 is 24.8 Å². The van der Waals surface area contributed by atoms with Crippen molar-refractivity contribution in [3.8, 4) is 23.0 Å². The van der Waals surface area contributed by atoms with Crippen LogP contribution in [0.15, 0.2) is 73.2 Å². The highest BCUT2D eigenvalue weighted by molar-refractivity contribution is 6.32. The topological polar surface area (TPSA) is 90.4 Å². The standard InChI is InChI=1S/C27H22ClN5O3/c1-34-25-11-23-20(10-26(25)36-19-12-29-13-19)27(32-15-31-23)33-17-6-7-24(21(28)9-17)35-18-8-16-4-2-3-5-22(16)30-14-18/h2-11,14-15,19,29H,12-13H2,1H3,(H,31,32,33). The van der Waals surface area contributed by atoms with Gasteiger partial charge in [0.15, 0.2) is 11.5 Å². The van der Waals surface area contributed by atoms with Crippen LogP contribution in [0.3, 0.4) is 0 Å². The Balaban J connectivity index is 1.26. The van der Waals surface area contributed by atoms with E-state index in [9.17, 15) is 0 Å². The Morgan fingerprint density at radius 2 is 1.81 bits per heavy atom. The SMILES string of the molecule is COc1cc2ncnc(Nc3ccc(Oc4cnc5ccccc5c4)c(Cl)c3)c2cc1OC1CNC1. The highest BCUT2D eigenvalue weighted by Crippen LogP contribution is 2.37. The summed E-state index contributed by atoms with van der Waals surface area (Å²) in [5, 5.41) is 8.79. The molecule has 36 heavy (non-hydrogen) atoms. The number of aromatic nitrogens is 3. The Morgan fingerprint density at radius 3 is 2.61 bits per heavy atom. The fraction of sp³-hybridized carbons (Fsp3) is 0.148. The van der Waals surface area contributed by atoms with E-state index in [1.807, 2.05) is 54.6 Å². The quantitative estimate of drug-likeness (QED) is 0.293. The van der Waals surface area contributed by atoms with Crippen LogP contribution in [0.5, 0.6) is 23.0 Å². The molecule has 0 amide bonds. The molecule has 3 aromatic carbocycles. The summed E-state index contributed by atoms with van der Waals surface area (Å²) >= 11 is 6.57. The number of halogens is 1. The number of pyridine rings is 1. The molecular formula is C27H22ClN5O3. The van der Waals surface area contributed by atoms with Crippen molar-refractivity contribution in [3.63, 3.8) is 0 Å². The Labute approximate surface area is 212 Å². The molecule has 6 rings (SSSR count). The molecule has 1 saturated heterocycles. The van der Waals surface area contributed by atoms with Crippen LogP contribution in [0, 0.1) is 0 Å². The summed E-state index contributed by atoms with van der Waals surface area (Å²) in [6, 6.07) is 19.0. The summed E-state index contributed by atoms with van der Waals surface area (Å²) < 4.78 is 17.6. The lowest BCUT2D eigenvalue weighted by atomic mass is 10.2. The summed E-state index contributed by atoms with van der Waals surface area (Å²) in [6.45, 7) is 1.61. The number of hydrogen-bond donors (Lipinski definition) is 2. The average Bonchev–Trinajstić information content (AvgIpc) is 2.87. The second-order valence-electron chi connectivity index (χ2n) is 8.38. The fourth-order valence-electron chi connectivity index (χ4n) is 3.97. The van der Waals surface area contributed by atoms with E-state index in [1.54, 1.807) is 19.4 Å². The summed E-state index contributed by atoms with van der Waals surface area (Å²) in [7, 11) is 1.62. The molecule has 9 heteroatoms. The van der Waals surface area contributed by atoms with E-state index >= 15 is 0 Å². The molecule has 0 aliphatic carbocycles. The second kappa shape index (κ2) is 9.49. The maximum absolute atomic E-state index is 6.57. The van der Waals surface area contributed by atoms with Gasteiger partial charge in [0.25, 0.3) is 0 Å². The van der Waals surface area contributed by atoms with E-state index in [1.165, 1.54) is 6.33 Å². The first-order valence-corrected chi connectivity index (χ1v) is 11.8. The molecule has 1 aliphatic heterocycles. The van der Waals surface area contributed by atoms with Gasteiger partial charge >= 0.3 is 0 Å². The van der Waals surface area contributed by atoms with Crippen molar-refractivity contribution in [2.24, 2.45) is 0 Å². The van der Waals surface area contributed by atoms with Crippen molar-refractivity contribution in [2.75, 3.05) is 25.5 Å². The third-order valence-corrected chi connectivity index (χ3v) is 6.24. The normalized spacial score (nSPS) is 13.4. The number of nitrogens with zero attached hydrogens (tertiary/aromatic N) is 3. The third kappa shape index (κ3) is 4.44. The van der Waals surface area contributed by atoms with E-state index in [2.05, 4.69) is 25.6 Å². The van der Waals surface area contributed by atoms with Crippen LogP contribution >= 0.6 is 11.6 Å². The lowest BCUT2D eigenvalue weighted by Gasteiger charge is -2.28. The van der Waals surface area contributed by atoms with Gasteiger partial charge in [-0.2, -0.15) is 0 Å². The maximum Gasteiger partial charge on any atom is 0.162 e. The van der Waals surface area contributed by atoms with Crippen molar-refractivity contribution in [1.82, 2.24) is 20.3 Å². The first kappa shape index (κ1) is 22.3. The van der Waals surface area contributed by atoms with E-state index < -0.39 is 0 Å². The molecule has 5 aromatic rings. The molecule has 0 bridgehead atoms.